The van der Waals surface area contributed by atoms with Crippen molar-refractivity contribution in [3.05, 3.63) is 23.5 Å². The highest BCUT2D eigenvalue weighted by Crippen LogP contribution is 2.25. The van der Waals surface area contributed by atoms with Gasteiger partial charge >= 0.3 is 0 Å². The van der Waals surface area contributed by atoms with Gasteiger partial charge in [0.05, 0.1) is 16.6 Å². The summed E-state index contributed by atoms with van der Waals surface area (Å²) >= 11 is 0. The SMILES string of the molecule is CC(C)CC1C(=O)NCCN1C(=O)c1cnc2onc(C(C)C)c2c1. The van der Waals surface area contributed by atoms with Crippen LogP contribution in [0.15, 0.2) is 16.8 Å². The summed E-state index contributed by atoms with van der Waals surface area (Å²) in [5.41, 5.74) is 1.67. The quantitative estimate of drug-likeness (QED) is 0.919. The van der Waals surface area contributed by atoms with Crippen molar-refractivity contribution in [2.75, 3.05) is 13.1 Å². The van der Waals surface area contributed by atoms with E-state index in [-0.39, 0.29) is 17.7 Å². The number of carbonyl (C=O) groups is 2. The summed E-state index contributed by atoms with van der Waals surface area (Å²) in [4.78, 5) is 31.2. The molecule has 0 spiro atoms. The molecule has 134 valence electrons. The van der Waals surface area contributed by atoms with Crippen LogP contribution in [0.25, 0.3) is 11.1 Å². The topological polar surface area (TPSA) is 88.3 Å². The number of pyridine rings is 1. The molecule has 0 bridgehead atoms. The van der Waals surface area contributed by atoms with Crippen LogP contribution in [0.1, 0.15) is 56.1 Å². The lowest BCUT2D eigenvalue weighted by Gasteiger charge is -2.36. The van der Waals surface area contributed by atoms with Crippen molar-refractivity contribution >= 4 is 22.9 Å². The van der Waals surface area contributed by atoms with Crippen LogP contribution >= 0.6 is 0 Å². The van der Waals surface area contributed by atoms with Gasteiger partial charge < -0.3 is 14.7 Å². The van der Waals surface area contributed by atoms with Crippen molar-refractivity contribution < 1.29 is 14.1 Å². The minimum atomic E-state index is -0.441. The molecule has 7 nitrogen and oxygen atoms in total. The smallest absolute Gasteiger partial charge is 0.257 e. The number of piperazine rings is 1. The van der Waals surface area contributed by atoms with Crippen LogP contribution in [0.5, 0.6) is 0 Å². The Labute approximate surface area is 146 Å². The van der Waals surface area contributed by atoms with E-state index in [9.17, 15) is 9.59 Å². The van der Waals surface area contributed by atoms with E-state index in [0.717, 1.165) is 11.1 Å². The lowest BCUT2D eigenvalue weighted by Crippen LogP contribution is -2.57. The first-order chi connectivity index (χ1) is 11.9. The van der Waals surface area contributed by atoms with Gasteiger partial charge in [0.15, 0.2) is 0 Å². The number of hydrogen-bond donors (Lipinski definition) is 1. The Morgan fingerprint density at radius 1 is 1.40 bits per heavy atom. The van der Waals surface area contributed by atoms with Crippen LogP contribution < -0.4 is 5.32 Å². The van der Waals surface area contributed by atoms with Crippen molar-refractivity contribution in [2.24, 2.45) is 5.92 Å². The normalized spacial score (nSPS) is 18.2. The zero-order valence-corrected chi connectivity index (χ0v) is 15.1. The molecule has 2 aromatic rings. The maximum atomic E-state index is 13.0. The predicted octanol–water partition coefficient (Wildman–Crippen LogP) is 2.33. The summed E-state index contributed by atoms with van der Waals surface area (Å²) in [6.45, 7) is 9.09. The molecule has 7 heteroatoms. The molecular formula is C18H24N4O3. The van der Waals surface area contributed by atoms with Crippen LogP contribution in [0.2, 0.25) is 0 Å². The van der Waals surface area contributed by atoms with Crippen LogP contribution in [0.4, 0.5) is 0 Å². The summed E-state index contributed by atoms with van der Waals surface area (Å²) in [5.74, 6) is 0.221. The van der Waals surface area contributed by atoms with E-state index in [4.69, 9.17) is 4.52 Å². The van der Waals surface area contributed by atoms with E-state index in [0.29, 0.717) is 36.7 Å². The van der Waals surface area contributed by atoms with Crippen molar-refractivity contribution in [2.45, 2.75) is 46.1 Å². The molecule has 0 saturated carbocycles. The fourth-order valence-electron chi connectivity index (χ4n) is 3.19. The van der Waals surface area contributed by atoms with E-state index in [1.54, 1.807) is 11.0 Å². The van der Waals surface area contributed by atoms with Gasteiger partial charge in [-0.3, -0.25) is 9.59 Å². The summed E-state index contributed by atoms with van der Waals surface area (Å²) < 4.78 is 5.23. The Morgan fingerprint density at radius 2 is 2.16 bits per heavy atom. The molecule has 1 unspecified atom stereocenters. The van der Waals surface area contributed by atoms with Crippen molar-refractivity contribution in [3.63, 3.8) is 0 Å². The van der Waals surface area contributed by atoms with E-state index in [1.807, 2.05) is 27.7 Å². The molecule has 3 heterocycles. The first-order valence-electron chi connectivity index (χ1n) is 8.72. The third kappa shape index (κ3) is 3.36. The number of hydrogen-bond acceptors (Lipinski definition) is 5. The highest BCUT2D eigenvalue weighted by molar-refractivity contribution is 6.00. The first-order valence-corrected chi connectivity index (χ1v) is 8.72. The second-order valence-electron chi connectivity index (χ2n) is 7.23. The summed E-state index contributed by atoms with van der Waals surface area (Å²) in [5, 5.41) is 7.65. The lowest BCUT2D eigenvalue weighted by atomic mass is 9.99. The summed E-state index contributed by atoms with van der Waals surface area (Å²) in [7, 11) is 0. The largest absolute Gasteiger partial charge is 0.353 e. The van der Waals surface area contributed by atoms with Crippen molar-refractivity contribution in [3.8, 4) is 0 Å². The summed E-state index contributed by atoms with van der Waals surface area (Å²) in [6.07, 6.45) is 2.14. The third-order valence-electron chi connectivity index (χ3n) is 4.44. The summed E-state index contributed by atoms with van der Waals surface area (Å²) in [6, 6.07) is 1.33. The number of carbonyl (C=O) groups excluding carboxylic acids is 2. The standard InChI is InChI=1S/C18H24N4O3/c1-10(2)7-14-16(23)19-5-6-22(14)18(24)12-8-13-15(11(3)4)21-25-17(13)20-9-12/h8-11,14H,5-7H2,1-4H3,(H,19,23). The number of nitrogens with one attached hydrogen (secondary N) is 1. The van der Waals surface area contributed by atoms with Crippen LogP contribution in [-0.4, -0.2) is 46.0 Å². The molecule has 1 N–H and O–H groups in total. The minimum Gasteiger partial charge on any atom is -0.353 e. The number of amides is 2. The fourth-order valence-corrected chi connectivity index (χ4v) is 3.19. The maximum Gasteiger partial charge on any atom is 0.257 e. The molecule has 25 heavy (non-hydrogen) atoms. The van der Waals surface area contributed by atoms with Gasteiger partial charge in [-0.15, -0.1) is 0 Å². The number of fused-ring (bicyclic) bond motifs is 1. The second-order valence-corrected chi connectivity index (χ2v) is 7.23. The molecule has 0 aliphatic carbocycles. The number of nitrogens with zero attached hydrogens (tertiary/aromatic N) is 3. The highest BCUT2D eigenvalue weighted by atomic mass is 16.5. The van der Waals surface area contributed by atoms with E-state index in [1.165, 1.54) is 6.20 Å². The molecular weight excluding hydrogens is 320 g/mol. The van der Waals surface area contributed by atoms with Gasteiger partial charge in [0.1, 0.15) is 6.04 Å². The van der Waals surface area contributed by atoms with Gasteiger partial charge in [0.2, 0.25) is 5.91 Å². The van der Waals surface area contributed by atoms with E-state index >= 15 is 0 Å². The Hall–Kier alpha value is -2.44. The van der Waals surface area contributed by atoms with Gasteiger partial charge in [0.25, 0.3) is 11.6 Å². The molecule has 1 atom stereocenters. The molecule has 3 rings (SSSR count). The van der Waals surface area contributed by atoms with Crippen molar-refractivity contribution in [1.29, 1.82) is 0 Å². The Morgan fingerprint density at radius 3 is 2.84 bits per heavy atom. The van der Waals surface area contributed by atoms with Crippen LogP contribution in [-0.2, 0) is 4.79 Å². The third-order valence-corrected chi connectivity index (χ3v) is 4.44. The Kier molecular flexibility index (Phi) is 4.74. The van der Waals surface area contributed by atoms with Gasteiger partial charge in [-0.05, 0) is 24.3 Å². The molecule has 1 aliphatic heterocycles. The lowest BCUT2D eigenvalue weighted by molar-refractivity contribution is -0.128. The molecule has 1 aliphatic rings. The van der Waals surface area contributed by atoms with Gasteiger partial charge in [0, 0.05) is 19.3 Å². The first kappa shape index (κ1) is 17.4. The average Bonchev–Trinajstić information content (AvgIpc) is 2.99. The maximum absolute atomic E-state index is 13.0. The highest BCUT2D eigenvalue weighted by Gasteiger charge is 2.34. The van der Waals surface area contributed by atoms with Gasteiger partial charge in [-0.25, -0.2) is 4.98 Å². The van der Waals surface area contributed by atoms with Crippen LogP contribution in [0.3, 0.4) is 0 Å². The Bertz CT molecular complexity index is 797. The van der Waals surface area contributed by atoms with Gasteiger partial charge in [-0.2, -0.15) is 0 Å². The predicted molar refractivity (Wildman–Crippen MR) is 93.2 cm³/mol. The zero-order chi connectivity index (χ0) is 18.1. The Balaban J connectivity index is 1.94. The molecule has 2 aromatic heterocycles. The molecule has 0 aromatic carbocycles. The number of aromatic nitrogens is 2. The minimum absolute atomic E-state index is 0.0878. The molecule has 0 radical (unpaired) electrons. The number of rotatable bonds is 4. The molecule has 1 fully saturated rings. The van der Waals surface area contributed by atoms with Gasteiger partial charge in [-0.1, -0.05) is 32.9 Å². The average molecular weight is 344 g/mol. The monoisotopic (exact) mass is 344 g/mol. The molecule has 1 saturated heterocycles. The fraction of sp³-hybridized carbons (Fsp3) is 0.556. The second kappa shape index (κ2) is 6.82. The van der Waals surface area contributed by atoms with Crippen LogP contribution in [0, 0.1) is 5.92 Å². The van der Waals surface area contributed by atoms with Crippen molar-refractivity contribution in [1.82, 2.24) is 20.4 Å². The molecule has 2 amide bonds. The van der Waals surface area contributed by atoms with E-state index in [2.05, 4.69) is 15.5 Å². The zero-order valence-electron chi connectivity index (χ0n) is 15.1. The van der Waals surface area contributed by atoms with E-state index < -0.39 is 6.04 Å².